The van der Waals surface area contributed by atoms with Gasteiger partial charge in [0.15, 0.2) is 0 Å². The molecule has 0 aliphatic carbocycles. The van der Waals surface area contributed by atoms with Crippen LogP contribution in [-0.4, -0.2) is 35.3 Å². The second-order valence-corrected chi connectivity index (χ2v) is 6.74. The molecular formula is C18H15N3O3S. The number of nitrogens with zero attached hydrogens (tertiary/aromatic N) is 2. The van der Waals surface area contributed by atoms with Crippen LogP contribution in [0.1, 0.15) is 5.56 Å². The normalized spacial score (nSPS) is 20.7. The Hall–Kier alpha value is -2.80. The van der Waals surface area contributed by atoms with E-state index in [1.54, 1.807) is 12.3 Å². The van der Waals surface area contributed by atoms with Crippen molar-refractivity contribution in [3.63, 3.8) is 0 Å². The van der Waals surface area contributed by atoms with Gasteiger partial charge in [-0.3, -0.25) is 14.9 Å². The summed E-state index contributed by atoms with van der Waals surface area (Å²) in [4.78, 5) is 29.6. The van der Waals surface area contributed by atoms with Crippen molar-refractivity contribution in [3.8, 4) is 5.75 Å². The lowest BCUT2D eigenvalue weighted by molar-refractivity contribution is -0.115. The first-order valence-corrected chi connectivity index (χ1v) is 8.66. The molecule has 2 amide bonds. The van der Waals surface area contributed by atoms with Gasteiger partial charge < -0.3 is 9.64 Å². The summed E-state index contributed by atoms with van der Waals surface area (Å²) in [6.45, 7) is 1.55. The third kappa shape index (κ3) is 3.66. The molecule has 0 bridgehead atoms. The fourth-order valence-electron chi connectivity index (χ4n) is 2.55. The molecule has 1 aromatic heterocycles. The van der Waals surface area contributed by atoms with E-state index < -0.39 is 0 Å². The van der Waals surface area contributed by atoms with Crippen LogP contribution < -0.4 is 15.0 Å². The molecule has 126 valence electrons. The van der Waals surface area contributed by atoms with Gasteiger partial charge in [0.1, 0.15) is 18.2 Å². The second kappa shape index (κ2) is 6.60. The average molecular weight is 353 g/mol. The van der Waals surface area contributed by atoms with Crippen molar-refractivity contribution in [1.29, 1.82) is 0 Å². The van der Waals surface area contributed by atoms with Crippen LogP contribution in [0.5, 0.6) is 5.75 Å². The molecule has 0 saturated carbocycles. The van der Waals surface area contributed by atoms with Crippen molar-refractivity contribution in [2.24, 2.45) is 0 Å². The van der Waals surface area contributed by atoms with Gasteiger partial charge in [0, 0.05) is 12.7 Å². The number of hydrogen-bond acceptors (Lipinski definition) is 6. The number of rotatable bonds is 5. The highest BCUT2D eigenvalue weighted by molar-refractivity contribution is 8.18. The Morgan fingerprint density at radius 2 is 2.08 bits per heavy atom. The van der Waals surface area contributed by atoms with E-state index in [1.165, 1.54) is 0 Å². The molecule has 6 nitrogen and oxygen atoms in total. The quantitative estimate of drug-likeness (QED) is 0.658. The molecule has 4 rings (SSSR count). The number of carbonyl (C=O) groups is 2. The zero-order valence-electron chi connectivity index (χ0n) is 13.2. The van der Waals surface area contributed by atoms with E-state index in [-0.39, 0.29) is 11.1 Å². The SMILES string of the molecule is O=C1NC(=O)C(=Cc2ccc(OC[C@@H]3CN3c3ccccn3)cc2)S1. The number of pyridine rings is 1. The number of carbonyl (C=O) groups excluding carboxylic acids is 2. The van der Waals surface area contributed by atoms with E-state index in [2.05, 4.69) is 15.2 Å². The monoisotopic (exact) mass is 353 g/mol. The van der Waals surface area contributed by atoms with Gasteiger partial charge in [0.25, 0.3) is 11.1 Å². The molecule has 2 aliphatic rings. The summed E-state index contributed by atoms with van der Waals surface area (Å²) in [6.07, 6.45) is 3.48. The maximum absolute atomic E-state index is 11.5. The summed E-state index contributed by atoms with van der Waals surface area (Å²) in [5.74, 6) is 1.40. The van der Waals surface area contributed by atoms with E-state index in [0.29, 0.717) is 17.6 Å². The highest BCUT2D eigenvalue weighted by Gasteiger charge is 2.35. The molecule has 3 heterocycles. The molecule has 2 aromatic rings. The first-order chi connectivity index (χ1) is 12.2. The van der Waals surface area contributed by atoms with Crippen molar-refractivity contribution in [2.45, 2.75) is 6.04 Å². The molecular weight excluding hydrogens is 338 g/mol. The Bertz CT molecular complexity index is 836. The maximum Gasteiger partial charge on any atom is 0.290 e. The van der Waals surface area contributed by atoms with Gasteiger partial charge in [-0.15, -0.1) is 0 Å². The van der Waals surface area contributed by atoms with Crippen LogP contribution >= 0.6 is 11.8 Å². The minimum absolute atomic E-state index is 0.335. The predicted octanol–water partition coefficient (Wildman–Crippen LogP) is 2.67. The molecule has 2 fully saturated rings. The van der Waals surface area contributed by atoms with Crippen LogP contribution in [0.25, 0.3) is 6.08 Å². The highest BCUT2D eigenvalue weighted by Crippen LogP contribution is 2.27. The van der Waals surface area contributed by atoms with E-state index in [0.717, 1.165) is 35.4 Å². The zero-order chi connectivity index (χ0) is 17.2. The molecule has 1 aromatic carbocycles. The number of thioether (sulfide) groups is 1. The van der Waals surface area contributed by atoms with Crippen LogP contribution in [0.3, 0.4) is 0 Å². The summed E-state index contributed by atoms with van der Waals surface area (Å²) in [5.41, 5.74) is 0.848. The van der Waals surface area contributed by atoms with Crippen molar-refractivity contribution in [3.05, 3.63) is 59.1 Å². The number of amides is 2. The van der Waals surface area contributed by atoms with Crippen molar-refractivity contribution >= 4 is 34.8 Å². The summed E-state index contributed by atoms with van der Waals surface area (Å²) in [6, 6.07) is 13.7. The molecule has 25 heavy (non-hydrogen) atoms. The van der Waals surface area contributed by atoms with E-state index in [4.69, 9.17) is 4.74 Å². The molecule has 0 radical (unpaired) electrons. The Labute approximate surface area is 148 Å². The van der Waals surface area contributed by atoms with Crippen LogP contribution in [0.4, 0.5) is 10.6 Å². The van der Waals surface area contributed by atoms with Gasteiger partial charge >= 0.3 is 0 Å². The standard InChI is InChI=1S/C18H15N3O3S/c22-17-15(25-18(23)20-17)9-12-4-6-14(7-5-12)24-11-13-10-21(13)16-3-1-2-8-19-16/h1-9,13H,10-11H2,(H,20,22,23)/t13-,21?/m0/s1. The summed E-state index contributed by atoms with van der Waals surface area (Å²) in [5, 5.41) is 1.90. The van der Waals surface area contributed by atoms with Gasteiger partial charge in [-0.05, 0) is 47.7 Å². The smallest absolute Gasteiger partial charge is 0.290 e. The first kappa shape index (κ1) is 15.7. The number of benzene rings is 1. The molecule has 0 spiro atoms. The summed E-state index contributed by atoms with van der Waals surface area (Å²) in [7, 11) is 0. The van der Waals surface area contributed by atoms with Crippen LogP contribution in [0.15, 0.2) is 53.6 Å². The Kier molecular flexibility index (Phi) is 4.15. The lowest BCUT2D eigenvalue weighted by atomic mass is 10.2. The molecule has 7 heteroatoms. The Morgan fingerprint density at radius 3 is 2.76 bits per heavy atom. The number of ether oxygens (including phenoxy) is 1. The zero-order valence-corrected chi connectivity index (χ0v) is 14.0. The molecule has 0 unspecified atom stereocenters. The number of anilines is 1. The molecule has 2 aliphatic heterocycles. The van der Waals surface area contributed by atoms with Crippen LogP contribution in [0, 0.1) is 0 Å². The Balaban J connectivity index is 1.32. The van der Waals surface area contributed by atoms with Crippen LogP contribution in [0.2, 0.25) is 0 Å². The van der Waals surface area contributed by atoms with E-state index in [1.807, 2.05) is 42.5 Å². The first-order valence-electron chi connectivity index (χ1n) is 7.84. The van der Waals surface area contributed by atoms with Gasteiger partial charge in [0.05, 0.1) is 10.9 Å². The van der Waals surface area contributed by atoms with Crippen molar-refractivity contribution in [1.82, 2.24) is 10.3 Å². The van der Waals surface area contributed by atoms with E-state index in [9.17, 15) is 9.59 Å². The van der Waals surface area contributed by atoms with Gasteiger partial charge in [-0.1, -0.05) is 18.2 Å². The third-order valence-electron chi connectivity index (χ3n) is 3.92. The van der Waals surface area contributed by atoms with Crippen LogP contribution in [-0.2, 0) is 4.79 Å². The average Bonchev–Trinajstić information content (AvgIpc) is 3.34. The van der Waals surface area contributed by atoms with Gasteiger partial charge in [0.2, 0.25) is 0 Å². The number of imide groups is 1. The fraction of sp³-hybridized carbons (Fsp3) is 0.167. The highest BCUT2D eigenvalue weighted by atomic mass is 32.2. The van der Waals surface area contributed by atoms with Crippen molar-refractivity contribution < 1.29 is 14.3 Å². The third-order valence-corrected chi connectivity index (χ3v) is 4.73. The molecule has 1 N–H and O–H groups in total. The number of aromatic nitrogens is 1. The lowest BCUT2D eigenvalue weighted by Crippen LogP contribution is -2.17. The largest absolute Gasteiger partial charge is 0.491 e. The van der Waals surface area contributed by atoms with Crippen molar-refractivity contribution in [2.75, 3.05) is 18.1 Å². The maximum atomic E-state index is 11.5. The van der Waals surface area contributed by atoms with Gasteiger partial charge in [-0.25, -0.2) is 4.98 Å². The topological polar surface area (TPSA) is 71.3 Å². The van der Waals surface area contributed by atoms with Gasteiger partial charge in [-0.2, -0.15) is 0 Å². The Morgan fingerprint density at radius 1 is 1.24 bits per heavy atom. The lowest BCUT2D eigenvalue weighted by Gasteiger charge is -2.07. The second-order valence-electron chi connectivity index (χ2n) is 5.73. The molecule has 1 atom stereocenters. The summed E-state index contributed by atoms with van der Waals surface area (Å²) < 4.78 is 5.82. The predicted molar refractivity (Wildman–Crippen MR) is 96.4 cm³/mol. The summed E-state index contributed by atoms with van der Waals surface area (Å²) >= 11 is 0.912. The minimum atomic E-state index is -0.348. The minimum Gasteiger partial charge on any atom is -0.491 e. The number of nitrogens with one attached hydrogen (secondary N) is 1. The number of hydrogen-bond donors (Lipinski definition) is 1. The fourth-order valence-corrected chi connectivity index (χ4v) is 3.23. The molecule has 2 saturated heterocycles. The van der Waals surface area contributed by atoms with E-state index >= 15 is 0 Å².